The number of hydrogen-bond acceptors (Lipinski definition) is 5. The number of piperazine rings is 1. The van der Waals surface area contributed by atoms with Crippen LogP contribution in [0.15, 0.2) is 0 Å². The van der Waals surface area contributed by atoms with Crippen molar-refractivity contribution in [1.29, 1.82) is 0 Å². The van der Waals surface area contributed by atoms with Crippen molar-refractivity contribution in [3.63, 3.8) is 0 Å². The third-order valence-corrected chi connectivity index (χ3v) is 5.63. The zero-order chi connectivity index (χ0) is 16.1. The van der Waals surface area contributed by atoms with E-state index in [-0.39, 0.29) is 30.2 Å². The van der Waals surface area contributed by atoms with Gasteiger partial charge in [-0.2, -0.15) is 0 Å². The first kappa shape index (κ1) is 22.9. The minimum atomic E-state index is -0.304. The summed E-state index contributed by atoms with van der Waals surface area (Å²) >= 11 is 0. The van der Waals surface area contributed by atoms with Crippen molar-refractivity contribution < 1.29 is 14.3 Å². The summed E-state index contributed by atoms with van der Waals surface area (Å²) in [6.45, 7) is 9.00. The lowest BCUT2D eigenvalue weighted by atomic mass is 9.78. The van der Waals surface area contributed by atoms with Crippen LogP contribution in [0.5, 0.6) is 0 Å². The van der Waals surface area contributed by atoms with Gasteiger partial charge >= 0.3 is 0 Å². The second kappa shape index (κ2) is 10.9. The molecule has 0 aromatic heterocycles. The Morgan fingerprint density at radius 1 is 1.20 bits per heavy atom. The van der Waals surface area contributed by atoms with Crippen LogP contribution in [0.3, 0.4) is 0 Å². The molecule has 1 amide bonds. The number of nitrogens with zero attached hydrogens (tertiary/aromatic N) is 2. The summed E-state index contributed by atoms with van der Waals surface area (Å²) < 4.78 is 10.9. The molecule has 6 nitrogen and oxygen atoms in total. The van der Waals surface area contributed by atoms with Gasteiger partial charge in [-0.15, -0.1) is 24.8 Å². The fourth-order valence-corrected chi connectivity index (χ4v) is 4.16. The molecule has 148 valence electrons. The number of halogens is 2. The Labute approximate surface area is 163 Å². The van der Waals surface area contributed by atoms with Crippen LogP contribution >= 0.6 is 24.8 Å². The molecule has 0 aromatic rings. The van der Waals surface area contributed by atoms with E-state index < -0.39 is 0 Å². The van der Waals surface area contributed by atoms with Crippen LogP contribution in [0.25, 0.3) is 0 Å². The molecule has 0 aliphatic carbocycles. The first-order valence-corrected chi connectivity index (χ1v) is 9.03. The predicted octanol–water partition coefficient (Wildman–Crippen LogP) is 1.03. The van der Waals surface area contributed by atoms with Gasteiger partial charge in [-0.05, 0) is 38.3 Å². The molecule has 25 heavy (non-hydrogen) atoms. The van der Waals surface area contributed by atoms with E-state index in [1.54, 1.807) is 7.11 Å². The monoisotopic (exact) mass is 397 g/mol. The van der Waals surface area contributed by atoms with E-state index in [1.165, 1.54) is 6.42 Å². The highest BCUT2D eigenvalue weighted by Gasteiger charge is 2.42. The Morgan fingerprint density at radius 3 is 2.44 bits per heavy atom. The van der Waals surface area contributed by atoms with E-state index in [1.807, 2.05) is 0 Å². The zero-order valence-electron chi connectivity index (χ0n) is 15.2. The van der Waals surface area contributed by atoms with E-state index in [0.717, 1.165) is 71.9 Å². The van der Waals surface area contributed by atoms with Gasteiger partial charge in [0.2, 0.25) is 5.91 Å². The fourth-order valence-electron chi connectivity index (χ4n) is 4.16. The van der Waals surface area contributed by atoms with Crippen LogP contribution < -0.4 is 5.32 Å². The smallest absolute Gasteiger partial charge is 0.231 e. The maximum absolute atomic E-state index is 13.1. The molecular weight excluding hydrogens is 365 g/mol. The first-order valence-electron chi connectivity index (χ1n) is 9.03. The predicted molar refractivity (Wildman–Crippen MR) is 103 cm³/mol. The first-order chi connectivity index (χ1) is 11.2. The second-order valence-corrected chi connectivity index (χ2v) is 7.29. The van der Waals surface area contributed by atoms with Crippen molar-refractivity contribution in [1.82, 2.24) is 15.1 Å². The molecule has 3 aliphatic heterocycles. The molecule has 0 radical (unpaired) electrons. The standard InChI is InChI=1S/C17H31N3O3.2ClH/c1-22-14-17(3-5-18-6-4-17)16(21)20-9-7-19(8-10-20)12-15-2-11-23-13-15;;/h15,18H,2-14H2,1H3;2*1H. The van der Waals surface area contributed by atoms with Crippen molar-refractivity contribution in [2.75, 3.05) is 72.7 Å². The van der Waals surface area contributed by atoms with Crippen LogP contribution in [-0.4, -0.2) is 88.5 Å². The summed E-state index contributed by atoms with van der Waals surface area (Å²) in [5.74, 6) is 0.992. The van der Waals surface area contributed by atoms with Gasteiger partial charge in [-0.25, -0.2) is 0 Å². The van der Waals surface area contributed by atoms with Crippen molar-refractivity contribution in [2.45, 2.75) is 19.3 Å². The third-order valence-electron chi connectivity index (χ3n) is 5.63. The molecule has 1 atom stereocenters. The Balaban J connectivity index is 0.00000156. The van der Waals surface area contributed by atoms with E-state index in [4.69, 9.17) is 9.47 Å². The average molecular weight is 398 g/mol. The van der Waals surface area contributed by atoms with Gasteiger partial charge in [0.05, 0.1) is 18.6 Å². The Kier molecular flexibility index (Phi) is 10.00. The maximum atomic E-state index is 13.1. The summed E-state index contributed by atoms with van der Waals surface area (Å²) in [6.07, 6.45) is 2.96. The number of methoxy groups -OCH3 is 1. The largest absolute Gasteiger partial charge is 0.384 e. The van der Waals surface area contributed by atoms with E-state index >= 15 is 0 Å². The Hall–Kier alpha value is -0.110. The number of ether oxygens (including phenoxy) is 2. The highest BCUT2D eigenvalue weighted by molar-refractivity contribution is 5.85. The minimum absolute atomic E-state index is 0. The summed E-state index contributed by atoms with van der Waals surface area (Å²) in [5.41, 5.74) is -0.304. The van der Waals surface area contributed by atoms with Crippen molar-refractivity contribution in [3.05, 3.63) is 0 Å². The van der Waals surface area contributed by atoms with Crippen molar-refractivity contribution in [3.8, 4) is 0 Å². The molecule has 3 saturated heterocycles. The molecule has 0 saturated carbocycles. The quantitative estimate of drug-likeness (QED) is 0.750. The summed E-state index contributed by atoms with van der Waals surface area (Å²) in [6, 6.07) is 0. The lowest BCUT2D eigenvalue weighted by molar-refractivity contribution is -0.149. The van der Waals surface area contributed by atoms with E-state index in [2.05, 4.69) is 15.1 Å². The Morgan fingerprint density at radius 2 is 1.88 bits per heavy atom. The van der Waals surface area contributed by atoms with Crippen LogP contribution in [0.4, 0.5) is 0 Å². The SMILES string of the molecule is COCC1(C(=O)N2CCN(CC3CCOC3)CC2)CCNCC1.Cl.Cl. The summed E-state index contributed by atoms with van der Waals surface area (Å²) in [7, 11) is 1.71. The topological polar surface area (TPSA) is 54.0 Å². The molecule has 0 bridgehead atoms. The van der Waals surface area contributed by atoms with Gasteiger partial charge in [-0.3, -0.25) is 9.69 Å². The lowest BCUT2D eigenvalue weighted by Gasteiger charge is -2.43. The van der Waals surface area contributed by atoms with Gasteiger partial charge in [0.1, 0.15) is 0 Å². The maximum Gasteiger partial charge on any atom is 0.231 e. The molecule has 3 heterocycles. The third kappa shape index (κ3) is 5.68. The van der Waals surface area contributed by atoms with E-state index in [9.17, 15) is 4.79 Å². The van der Waals surface area contributed by atoms with Crippen molar-refractivity contribution >= 4 is 30.7 Å². The van der Waals surface area contributed by atoms with Crippen LogP contribution in [0, 0.1) is 11.3 Å². The zero-order valence-corrected chi connectivity index (χ0v) is 16.8. The number of carbonyl (C=O) groups is 1. The number of nitrogens with one attached hydrogen (secondary N) is 1. The highest BCUT2D eigenvalue weighted by Crippen LogP contribution is 2.32. The number of carbonyl (C=O) groups excluding carboxylic acids is 1. The van der Waals surface area contributed by atoms with Gasteiger partial charge < -0.3 is 19.7 Å². The van der Waals surface area contributed by atoms with Crippen LogP contribution in [-0.2, 0) is 14.3 Å². The van der Waals surface area contributed by atoms with Gasteiger partial charge in [0.15, 0.2) is 0 Å². The molecular formula is C17H33Cl2N3O3. The molecule has 1 unspecified atom stereocenters. The highest BCUT2D eigenvalue weighted by atomic mass is 35.5. The van der Waals surface area contributed by atoms with E-state index in [0.29, 0.717) is 18.4 Å². The second-order valence-electron chi connectivity index (χ2n) is 7.29. The van der Waals surface area contributed by atoms with Gasteiger partial charge in [0.25, 0.3) is 0 Å². The molecule has 0 spiro atoms. The summed E-state index contributed by atoms with van der Waals surface area (Å²) in [4.78, 5) is 17.7. The molecule has 1 N–H and O–H groups in total. The Bertz CT molecular complexity index is 389. The van der Waals surface area contributed by atoms with Gasteiger partial charge in [0, 0.05) is 46.4 Å². The normalized spacial score (nSPS) is 26.6. The van der Waals surface area contributed by atoms with Crippen LogP contribution in [0.2, 0.25) is 0 Å². The molecule has 3 aliphatic rings. The molecule has 8 heteroatoms. The van der Waals surface area contributed by atoms with Gasteiger partial charge in [-0.1, -0.05) is 0 Å². The number of hydrogen-bond donors (Lipinski definition) is 1. The molecule has 3 rings (SSSR count). The fraction of sp³-hybridized carbons (Fsp3) is 0.941. The minimum Gasteiger partial charge on any atom is -0.384 e. The number of amides is 1. The molecule has 3 fully saturated rings. The summed E-state index contributed by atoms with van der Waals surface area (Å²) in [5, 5.41) is 3.36. The van der Waals surface area contributed by atoms with Crippen LogP contribution in [0.1, 0.15) is 19.3 Å². The molecule has 0 aromatic carbocycles. The number of rotatable bonds is 5. The average Bonchev–Trinajstić information content (AvgIpc) is 3.09. The van der Waals surface area contributed by atoms with Crippen molar-refractivity contribution in [2.24, 2.45) is 11.3 Å². The number of piperidine rings is 1. The lowest BCUT2D eigenvalue weighted by Crippen LogP contribution is -2.57.